The number of amides is 1. The molecule has 1 fully saturated rings. The lowest BCUT2D eigenvalue weighted by Crippen LogP contribution is -2.48. The minimum Gasteiger partial charge on any atom is -0.495 e. The molecule has 1 heterocycles. The van der Waals surface area contributed by atoms with Gasteiger partial charge in [0.05, 0.1) is 23.4 Å². The number of rotatable bonds is 6. The summed E-state index contributed by atoms with van der Waals surface area (Å²) in [6, 6.07) is 19.4. The van der Waals surface area contributed by atoms with Crippen molar-refractivity contribution in [1.29, 1.82) is 0 Å². The molecule has 0 unspecified atom stereocenters. The van der Waals surface area contributed by atoms with Crippen molar-refractivity contribution in [3.63, 3.8) is 0 Å². The number of carbonyl (C=O) groups excluding carboxylic acids is 1. The van der Waals surface area contributed by atoms with Crippen LogP contribution < -0.4 is 15.0 Å². The van der Waals surface area contributed by atoms with Gasteiger partial charge in [-0.15, -0.1) is 0 Å². The van der Waals surface area contributed by atoms with E-state index in [1.165, 1.54) is 35.7 Å². The first-order valence-corrected chi connectivity index (χ1v) is 11.9. The lowest BCUT2D eigenvalue weighted by Gasteiger charge is -2.35. The van der Waals surface area contributed by atoms with Gasteiger partial charge in [-0.05, 0) is 42.5 Å². The summed E-state index contributed by atoms with van der Waals surface area (Å²) in [5.41, 5.74) is 1.17. The van der Waals surface area contributed by atoms with Crippen LogP contribution in [-0.2, 0) is 10.0 Å². The van der Waals surface area contributed by atoms with Gasteiger partial charge in [0.1, 0.15) is 11.6 Å². The number of hydrogen-bond acceptors (Lipinski definition) is 5. The summed E-state index contributed by atoms with van der Waals surface area (Å²) in [6.45, 7) is 1.17. The normalized spacial score (nSPS) is 14.7. The number of para-hydroxylation sites is 1. The van der Waals surface area contributed by atoms with Gasteiger partial charge in [-0.1, -0.05) is 30.3 Å². The molecular weight excluding hydrogens is 445 g/mol. The van der Waals surface area contributed by atoms with E-state index >= 15 is 0 Å². The number of anilines is 2. The Morgan fingerprint density at radius 1 is 0.939 bits per heavy atom. The quantitative estimate of drug-likeness (QED) is 0.597. The number of ether oxygens (including phenoxy) is 1. The molecule has 33 heavy (non-hydrogen) atoms. The highest BCUT2D eigenvalue weighted by molar-refractivity contribution is 7.89. The van der Waals surface area contributed by atoms with Gasteiger partial charge in [-0.3, -0.25) is 4.79 Å². The third kappa shape index (κ3) is 4.84. The smallest absolute Gasteiger partial charge is 0.255 e. The number of nitrogens with one attached hydrogen (secondary N) is 1. The Kier molecular flexibility index (Phi) is 6.62. The van der Waals surface area contributed by atoms with E-state index in [0.717, 1.165) is 0 Å². The van der Waals surface area contributed by atoms with E-state index in [4.69, 9.17) is 4.74 Å². The molecule has 1 aliphatic heterocycles. The van der Waals surface area contributed by atoms with Crippen LogP contribution in [0.5, 0.6) is 5.75 Å². The fraction of sp³-hybridized carbons (Fsp3) is 0.208. The number of sulfonamides is 1. The van der Waals surface area contributed by atoms with Crippen LogP contribution in [0, 0.1) is 5.82 Å². The monoisotopic (exact) mass is 469 g/mol. The van der Waals surface area contributed by atoms with E-state index in [9.17, 15) is 17.6 Å². The van der Waals surface area contributed by atoms with Crippen LogP contribution in [0.3, 0.4) is 0 Å². The predicted molar refractivity (Wildman–Crippen MR) is 125 cm³/mol. The third-order valence-electron chi connectivity index (χ3n) is 5.52. The predicted octanol–water partition coefficient (Wildman–Crippen LogP) is 3.60. The number of nitrogens with zero attached hydrogens (tertiary/aromatic N) is 2. The van der Waals surface area contributed by atoms with Crippen molar-refractivity contribution in [2.24, 2.45) is 0 Å². The molecule has 1 saturated heterocycles. The number of benzene rings is 3. The summed E-state index contributed by atoms with van der Waals surface area (Å²) in [6.07, 6.45) is 0. The van der Waals surface area contributed by atoms with E-state index < -0.39 is 10.0 Å². The average molecular weight is 470 g/mol. The van der Waals surface area contributed by atoms with Crippen molar-refractivity contribution >= 4 is 27.3 Å². The van der Waals surface area contributed by atoms with Gasteiger partial charge in [0, 0.05) is 31.7 Å². The zero-order valence-corrected chi connectivity index (χ0v) is 18.9. The molecule has 7 nitrogen and oxygen atoms in total. The molecular formula is C24H24FN3O4S. The zero-order chi connectivity index (χ0) is 23.4. The van der Waals surface area contributed by atoms with E-state index in [1.54, 1.807) is 48.5 Å². The molecule has 1 amide bonds. The Morgan fingerprint density at radius 3 is 2.27 bits per heavy atom. The molecule has 0 aromatic heterocycles. The maximum Gasteiger partial charge on any atom is 0.255 e. The maximum atomic E-state index is 14.1. The van der Waals surface area contributed by atoms with Crippen LogP contribution >= 0.6 is 0 Å². The second kappa shape index (κ2) is 9.60. The first-order valence-electron chi connectivity index (χ1n) is 10.4. The highest BCUT2D eigenvalue weighted by Crippen LogP contribution is 2.30. The van der Waals surface area contributed by atoms with Crippen LogP contribution in [0.15, 0.2) is 77.7 Å². The zero-order valence-electron chi connectivity index (χ0n) is 18.1. The Hall–Kier alpha value is -3.43. The highest BCUT2D eigenvalue weighted by Gasteiger charge is 2.30. The van der Waals surface area contributed by atoms with Crippen molar-refractivity contribution in [2.75, 3.05) is 43.5 Å². The van der Waals surface area contributed by atoms with Crippen LogP contribution in [0.4, 0.5) is 15.8 Å². The molecule has 0 bridgehead atoms. The molecule has 4 rings (SSSR count). The van der Waals surface area contributed by atoms with E-state index in [-0.39, 0.29) is 35.4 Å². The van der Waals surface area contributed by atoms with Gasteiger partial charge >= 0.3 is 0 Å². The molecule has 9 heteroatoms. The van der Waals surface area contributed by atoms with Crippen LogP contribution in [0.2, 0.25) is 0 Å². The lowest BCUT2D eigenvalue weighted by molar-refractivity contribution is 0.102. The largest absolute Gasteiger partial charge is 0.495 e. The Labute approximate surface area is 192 Å². The molecule has 1 aliphatic rings. The number of halogens is 1. The number of hydrogen-bond donors (Lipinski definition) is 1. The molecule has 1 N–H and O–H groups in total. The number of carbonyl (C=O) groups is 1. The second-order valence-corrected chi connectivity index (χ2v) is 9.46. The lowest BCUT2D eigenvalue weighted by atomic mass is 10.2. The molecule has 0 saturated carbocycles. The van der Waals surface area contributed by atoms with Gasteiger partial charge in [0.25, 0.3) is 5.91 Å². The molecule has 172 valence electrons. The van der Waals surface area contributed by atoms with Gasteiger partial charge in [-0.25, -0.2) is 12.8 Å². The Morgan fingerprint density at radius 2 is 1.61 bits per heavy atom. The maximum absolute atomic E-state index is 14.1. The molecule has 3 aromatic carbocycles. The van der Waals surface area contributed by atoms with Crippen molar-refractivity contribution in [1.82, 2.24) is 4.31 Å². The fourth-order valence-electron chi connectivity index (χ4n) is 3.76. The van der Waals surface area contributed by atoms with Crippen molar-refractivity contribution in [3.8, 4) is 5.75 Å². The summed E-state index contributed by atoms with van der Waals surface area (Å²) in [5.74, 6) is -0.354. The average Bonchev–Trinajstić information content (AvgIpc) is 2.85. The summed E-state index contributed by atoms with van der Waals surface area (Å²) < 4.78 is 47.3. The van der Waals surface area contributed by atoms with Crippen LogP contribution in [0.1, 0.15) is 10.4 Å². The van der Waals surface area contributed by atoms with Gasteiger partial charge in [0.15, 0.2) is 0 Å². The summed E-state index contributed by atoms with van der Waals surface area (Å²) in [7, 11) is -2.37. The minimum atomic E-state index is -3.82. The standard InChI is InChI=1S/C24H24FN3O4S/c1-32-23-12-11-19(17-21(23)26-24(29)18-7-3-2-4-8-18)33(30,31)28-15-13-27(14-16-28)22-10-6-5-9-20(22)25/h2-12,17H,13-16H2,1H3,(H,26,29). The molecule has 0 radical (unpaired) electrons. The van der Waals surface area contributed by atoms with Crippen molar-refractivity contribution < 1.29 is 22.3 Å². The topological polar surface area (TPSA) is 79.0 Å². The SMILES string of the molecule is COc1ccc(S(=O)(=O)N2CCN(c3ccccc3F)CC2)cc1NC(=O)c1ccccc1. The van der Waals surface area contributed by atoms with E-state index in [2.05, 4.69) is 5.32 Å². The first-order chi connectivity index (χ1) is 15.9. The van der Waals surface area contributed by atoms with Crippen molar-refractivity contribution in [2.45, 2.75) is 4.90 Å². The second-order valence-electron chi connectivity index (χ2n) is 7.52. The van der Waals surface area contributed by atoms with Gasteiger partial charge in [0.2, 0.25) is 10.0 Å². The van der Waals surface area contributed by atoms with Gasteiger partial charge in [-0.2, -0.15) is 4.31 Å². The van der Waals surface area contributed by atoms with E-state index in [1.807, 2.05) is 4.90 Å². The number of piperazine rings is 1. The molecule has 3 aromatic rings. The molecule has 0 aliphatic carbocycles. The Balaban J connectivity index is 1.53. The van der Waals surface area contributed by atoms with Crippen LogP contribution in [-0.4, -0.2) is 51.9 Å². The van der Waals surface area contributed by atoms with Gasteiger partial charge < -0.3 is 15.0 Å². The summed E-state index contributed by atoms with van der Waals surface area (Å²) >= 11 is 0. The fourth-order valence-corrected chi connectivity index (χ4v) is 5.20. The first kappa shape index (κ1) is 22.8. The van der Waals surface area contributed by atoms with Crippen molar-refractivity contribution in [3.05, 3.63) is 84.2 Å². The minimum absolute atomic E-state index is 0.0472. The van der Waals surface area contributed by atoms with E-state index in [0.29, 0.717) is 30.1 Å². The highest BCUT2D eigenvalue weighted by atomic mass is 32.2. The number of methoxy groups -OCH3 is 1. The summed E-state index contributed by atoms with van der Waals surface area (Å²) in [5, 5.41) is 2.73. The third-order valence-corrected chi connectivity index (χ3v) is 7.42. The van der Waals surface area contributed by atoms with Crippen LogP contribution in [0.25, 0.3) is 0 Å². The molecule has 0 spiro atoms. The molecule has 0 atom stereocenters. The summed E-state index contributed by atoms with van der Waals surface area (Å²) in [4.78, 5) is 14.5. The Bertz CT molecular complexity index is 1240.